The Morgan fingerprint density at radius 2 is 1.88 bits per heavy atom. The Kier molecular flexibility index (Phi) is 2.77. The highest BCUT2D eigenvalue weighted by atomic mass is 15.4. The van der Waals surface area contributed by atoms with Gasteiger partial charge in [-0.3, -0.25) is 0 Å². The highest BCUT2D eigenvalue weighted by molar-refractivity contribution is 5.30. The van der Waals surface area contributed by atoms with Crippen molar-refractivity contribution in [2.24, 2.45) is 0 Å². The van der Waals surface area contributed by atoms with Gasteiger partial charge >= 0.3 is 0 Å². The van der Waals surface area contributed by atoms with Gasteiger partial charge in [0.2, 0.25) is 0 Å². The number of hydrogen-bond donors (Lipinski definition) is 0. The summed E-state index contributed by atoms with van der Waals surface area (Å²) >= 11 is 0. The Morgan fingerprint density at radius 3 is 2.50 bits per heavy atom. The molecule has 0 atom stereocenters. The predicted molar refractivity (Wildman–Crippen MR) is 64.7 cm³/mol. The number of nitrogens with zero attached hydrogens (tertiary/aromatic N) is 3. The summed E-state index contributed by atoms with van der Waals surface area (Å²) in [5.41, 5.74) is 2.18. The first-order valence-electron chi connectivity index (χ1n) is 5.62. The molecule has 0 amide bonds. The molecule has 3 nitrogen and oxygen atoms in total. The highest BCUT2D eigenvalue weighted by Gasteiger charge is 2.21. The second kappa shape index (κ2) is 4.08. The average Bonchev–Trinajstić information content (AvgIpc) is 2.80. The van der Waals surface area contributed by atoms with Crippen molar-refractivity contribution in [2.45, 2.75) is 32.6 Å². The standard InChI is InChI=1S/C13H17N3/c1-4-13(2,3)12-10-16(15-14-12)11-8-6-5-7-9-11/h5-10H,4H2,1-3H3. The van der Waals surface area contributed by atoms with Gasteiger partial charge in [0.1, 0.15) is 0 Å². The van der Waals surface area contributed by atoms with Crippen LogP contribution in [-0.2, 0) is 5.41 Å². The van der Waals surface area contributed by atoms with Crippen LogP contribution >= 0.6 is 0 Å². The molecular weight excluding hydrogens is 198 g/mol. The maximum absolute atomic E-state index is 4.25. The van der Waals surface area contributed by atoms with Crippen molar-refractivity contribution >= 4 is 0 Å². The average molecular weight is 215 g/mol. The minimum absolute atomic E-state index is 0.0903. The van der Waals surface area contributed by atoms with Gasteiger partial charge in [-0.2, -0.15) is 0 Å². The van der Waals surface area contributed by atoms with Gasteiger partial charge in [-0.05, 0) is 18.6 Å². The van der Waals surface area contributed by atoms with E-state index in [2.05, 4.69) is 31.1 Å². The molecule has 1 aromatic heterocycles. The van der Waals surface area contributed by atoms with Gasteiger partial charge in [0.05, 0.1) is 17.6 Å². The summed E-state index contributed by atoms with van der Waals surface area (Å²) in [6.07, 6.45) is 3.07. The lowest BCUT2D eigenvalue weighted by Crippen LogP contribution is -2.15. The molecular formula is C13H17N3. The van der Waals surface area contributed by atoms with Crippen molar-refractivity contribution in [3.05, 3.63) is 42.2 Å². The molecule has 16 heavy (non-hydrogen) atoms. The largest absolute Gasteiger partial charge is 0.220 e. The van der Waals surface area contributed by atoms with Crippen LogP contribution in [0.4, 0.5) is 0 Å². The van der Waals surface area contributed by atoms with Crippen LogP contribution in [0, 0.1) is 0 Å². The van der Waals surface area contributed by atoms with Crippen molar-refractivity contribution in [3.8, 4) is 5.69 Å². The predicted octanol–water partition coefficient (Wildman–Crippen LogP) is 2.95. The van der Waals surface area contributed by atoms with Crippen LogP contribution in [-0.4, -0.2) is 15.0 Å². The molecule has 2 rings (SSSR count). The summed E-state index contributed by atoms with van der Waals surface area (Å²) in [5.74, 6) is 0. The highest BCUT2D eigenvalue weighted by Crippen LogP contribution is 2.24. The Labute approximate surface area is 96.1 Å². The molecule has 0 fully saturated rings. The maximum Gasteiger partial charge on any atom is 0.0887 e. The molecule has 0 radical (unpaired) electrons. The molecule has 0 N–H and O–H groups in total. The third-order valence-electron chi connectivity index (χ3n) is 3.09. The Morgan fingerprint density at radius 1 is 1.19 bits per heavy atom. The van der Waals surface area contributed by atoms with Crippen molar-refractivity contribution < 1.29 is 0 Å². The molecule has 0 aliphatic carbocycles. The van der Waals surface area contributed by atoms with E-state index in [9.17, 15) is 0 Å². The van der Waals surface area contributed by atoms with E-state index in [-0.39, 0.29) is 5.41 Å². The van der Waals surface area contributed by atoms with Crippen LogP contribution in [0.1, 0.15) is 32.9 Å². The third kappa shape index (κ3) is 1.98. The van der Waals surface area contributed by atoms with Crippen molar-refractivity contribution in [1.29, 1.82) is 0 Å². The number of hydrogen-bond acceptors (Lipinski definition) is 2. The Bertz CT molecular complexity index is 457. The van der Waals surface area contributed by atoms with E-state index in [1.165, 1.54) is 0 Å². The van der Waals surface area contributed by atoms with E-state index < -0.39 is 0 Å². The lowest BCUT2D eigenvalue weighted by atomic mass is 9.87. The molecule has 0 aliphatic heterocycles. The van der Waals surface area contributed by atoms with Crippen LogP contribution in [0.25, 0.3) is 5.69 Å². The minimum atomic E-state index is 0.0903. The van der Waals surface area contributed by atoms with Crippen LogP contribution in [0.3, 0.4) is 0 Å². The molecule has 0 unspecified atom stereocenters. The molecule has 2 aromatic rings. The van der Waals surface area contributed by atoms with Gasteiger partial charge in [-0.15, -0.1) is 5.10 Å². The van der Waals surface area contributed by atoms with Crippen LogP contribution in [0.2, 0.25) is 0 Å². The van der Waals surface area contributed by atoms with E-state index in [1.807, 2.05) is 41.2 Å². The van der Waals surface area contributed by atoms with Crippen LogP contribution < -0.4 is 0 Å². The van der Waals surface area contributed by atoms with Crippen molar-refractivity contribution in [1.82, 2.24) is 15.0 Å². The Hall–Kier alpha value is -1.64. The molecule has 84 valence electrons. The summed E-state index contributed by atoms with van der Waals surface area (Å²) in [6.45, 7) is 6.54. The summed E-state index contributed by atoms with van der Waals surface area (Å²) in [7, 11) is 0. The fourth-order valence-corrected chi connectivity index (χ4v) is 1.46. The zero-order valence-electron chi connectivity index (χ0n) is 10.0. The minimum Gasteiger partial charge on any atom is -0.220 e. The lowest BCUT2D eigenvalue weighted by Gasteiger charge is -2.18. The van der Waals surface area contributed by atoms with Crippen LogP contribution in [0.5, 0.6) is 0 Å². The topological polar surface area (TPSA) is 30.7 Å². The van der Waals surface area contributed by atoms with E-state index >= 15 is 0 Å². The molecule has 1 heterocycles. The first-order valence-corrected chi connectivity index (χ1v) is 5.62. The van der Waals surface area contributed by atoms with Gasteiger partial charge in [0, 0.05) is 5.41 Å². The van der Waals surface area contributed by atoms with E-state index in [4.69, 9.17) is 0 Å². The molecule has 0 bridgehead atoms. The van der Waals surface area contributed by atoms with Crippen molar-refractivity contribution in [2.75, 3.05) is 0 Å². The summed E-state index contributed by atoms with van der Waals surface area (Å²) < 4.78 is 1.83. The fraction of sp³-hybridized carbons (Fsp3) is 0.385. The number of aromatic nitrogens is 3. The first kappa shape index (κ1) is 10.9. The Balaban J connectivity index is 2.34. The zero-order chi connectivity index (χ0) is 11.6. The van der Waals surface area contributed by atoms with Crippen molar-refractivity contribution in [3.63, 3.8) is 0 Å². The molecule has 0 saturated heterocycles. The summed E-state index contributed by atoms with van der Waals surface area (Å²) in [5, 5.41) is 8.42. The van der Waals surface area contributed by atoms with E-state index in [0.717, 1.165) is 17.8 Å². The summed E-state index contributed by atoms with van der Waals surface area (Å²) in [4.78, 5) is 0. The first-order chi connectivity index (χ1) is 7.63. The molecule has 0 aliphatic rings. The van der Waals surface area contributed by atoms with Crippen LogP contribution in [0.15, 0.2) is 36.5 Å². The SMILES string of the molecule is CCC(C)(C)c1cn(-c2ccccc2)nn1. The quantitative estimate of drug-likeness (QED) is 0.788. The fourth-order valence-electron chi connectivity index (χ4n) is 1.46. The monoisotopic (exact) mass is 215 g/mol. The molecule has 3 heteroatoms. The van der Waals surface area contributed by atoms with E-state index in [1.54, 1.807) is 0 Å². The van der Waals surface area contributed by atoms with E-state index in [0.29, 0.717) is 0 Å². The number of benzene rings is 1. The zero-order valence-corrected chi connectivity index (χ0v) is 10.0. The summed E-state index contributed by atoms with van der Waals surface area (Å²) in [6, 6.07) is 10.1. The normalized spacial score (nSPS) is 11.7. The van der Waals surface area contributed by atoms with Gasteiger partial charge in [0.25, 0.3) is 0 Å². The third-order valence-corrected chi connectivity index (χ3v) is 3.09. The van der Waals surface area contributed by atoms with Gasteiger partial charge < -0.3 is 0 Å². The maximum atomic E-state index is 4.25. The second-order valence-corrected chi connectivity index (χ2v) is 4.62. The number of rotatable bonds is 3. The van der Waals surface area contributed by atoms with Gasteiger partial charge in [-0.25, -0.2) is 4.68 Å². The molecule has 0 saturated carbocycles. The molecule has 1 aromatic carbocycles. The van der Waals surface area contributed by atoms with Gasteiger partial charge in [-0.1, -0.05) is 44.2 Å². The lowest BCUT2D eigenvalue weighted by molar-refractivity contribution is 0.489. The number of para-hydroxylation sites is 1. The second-order valence-electron chi connectivity index (χ2n) is 4.62. The smallest absolute Gasteiger partial charge is 0.0887 e. The molecule has 0 spiro atoms. The van der Waals surface area contributed by atoms with Gasteiger partial charge in [0.15, 0.2) is 0 Å².